The van der Waals surface area contributed by atoms with Crippen LogP contribution in [0.5, 0.6) is 0 Å². The standard InChI is InChI=1S/C19H20ClN7/c1-12(2)16-10-24-27-18(7-17(20)25-19(16)27)22-8-13-4-3-5-15(6-13)26-11-14(21)9-23-26/h3-7,9-12,22H,8,21H2,1-2H3. The van der Waals surface area contributed by atoms with Crippen molar-refractivity contribution >= 4 is 28.8 Å². The number of hydrogen-bond donors (Lipinski definition) is 2. The van der Waals surface area contributed by atoms with E-state index in [1.54, 1.807) is 27.7 Å². The second-order valence-corrected chi connectivity index (χ2v) is 7.08. The molecule has 27 heavy (non-hydrogen) atoms. The van der Waals surface area contributed by atoms with Crippen LogP contribution in [0.15, 0.2) is 48.9 Å². The van der Waals surface area contributed by atoms with Crippen molar-refractivity contribution in [2.24, 2.45) is 0 Å². The van der Waals surface area contributed by atoms with Gasteiger partial charge in [-0.15, -0.1) is 0 Å². The number of fused-ring (bicyclic) bond motifs is 1. The number of nitrogen functional groups attached to an aromatic ring is 1. The Morgan fingerprint density at radius 1 is 1.19 bits per heavy atom. The molecule has 8 heteroatoms. The molecule has 0 aliphatic carbocycles. The number of nitrogens with zero attached hydrogens (tertiary/aromatic N) is 5. The Morgan fingerprint density at radius 2 is 2.04 bits per heavy atom. The fourth-order valence-electron chi connectivity index (χ4n) is 2.96. The van der Waals surface area contributed by atoms with E-state index >= 15 is 0 Å². The minimum Gasteiger partial charge on any atom is -0.396 e. The summed E-state index contributed by atoms with van der Waals surface area (Å²) in [5, 5.41) is 12.6. The summed E-state index contributed by atoms with van der Waals surface area (Å²) in [4.78, 5) is 4.43. The lowest BCUT2D eigenvalue weighted by Crippen LogP contribution is -2.07. The smallest absolute Gasteiger partial charge is 0.162 e. The van der Waals surface area contributed by atoms with E-state index in [-0.39, 0.29) is 0 Å². The van der Waals surface area contributed by atoms with Gasteiger partial charge in [-0.25, -0.2) is 9.67 Å². The van der Waals surface area contributed by atoms with Crippen LogP contribution in [-0.2, 0) is 6.54 Å². The Morgan fingerprint density at radius 3 is 2.78 bits per heavy atom. The molecule has 1 aromatic carbocycles. The molecule has 0 bridgehead atoms. The van der Waals surface area contributed by atoms with Gasteiger partial charge in [-0.05, 0) is 23.6 Å². The van der Waals surface area contributed by atoms with E-state index in [0.29, 0.717) is 23.3 Å². The fourth-order valence-corrected chi connectivity index (χ4v) is 3.15. The van der Waals surface area contributed by atoms with Crippen molar-refractivity contribution in [3.63, 3.8) is 0 Å². The minimum atomic E-state index is 0.319. The highest BCUT2D eigenvalue weighted by molar-refractivity contribution is 6.29. The van der Waals surface area contributed by atoms with Crippen LogP contribution in [0, 0.1) is 0 Å². The van der Waals surface area contributed by atoms with Gasteiger partial charge in [0.2, 0.25) is 0 Å². The number of benzene rings is 1. The average Bonchev–Trinajstić information content (AvgIpc) is 3.26. The summed E-state index contributed by atoms with van der Waals surface area (Å²) >= 11 is 6.23. The third-order valence-electron chi connectivity index (χ3n) is 4.34. The predicted octanol–water partition coefficient (Wildman–Crippen LogP) is 3.89. The third-order valence-corrected chi connectivity index (χ3v) is 4.53. The molecule has 0 spiro atoms. The van der Waals surface area contributed by atoms with Crippen LogP contribution in [0.25, 0.3) is 11.3 Å². The summed E-state index contributed by atoms with van der Waals surface area (Å²) in [6, 6.07) is 9.86. The molecule has 0 aliphatic rings. The van der Waals surface area contributed by atoms with E-state index in [0.717, 1.165) is 28.3 Å². The molecular weight excluding hydrogens is 362 g/mol. The molecule has 4 rings (SSSR count). The first-order chi connectivity index (χ1) is 13.0. The summed E-state index contributed by atoms with van der Waals surface area (Å²) in [6.45, 7) is 4.83. The highest BCUT2D eigenvalue weighted by Crippen LogP contribution is 2.24. The molecule has 0 saturated carbocycles. The van der Waals surface area contributed by atoms with Crippen molar-refractivity contribution in [1.82, 2.24) is 24.4 Å². The molecule has 3 aromatic heterocycles. The molecule has 0 atom stereocenters. The Hall–Kier alpha value is -3.06. The number of halogens is 1. The fraction of sp³-hybridized carbons (Fsp3) is 0.211. The SMILES string of the molecule is CC(C)c1cnn2c(NCc3cccc(-n4cc(N)cn4)c3)cc(Cl)nc12. The van der Waals surface area contributed by atoms with Gasteiger partial charge in [-0.1, -0.05) is 37.6 Å². The van der Waals surface area contributed by atoms with Gasteiger partial charge in [0.15, 0.2) is 5.65 Å². The number of aromatic nitrogens is 5. The Bertz CT molecular complexity index is 1100. The highest BCUT2D eigenvalue weighted by Gasteiger charge is 2.13. The molecule has 4 aromatic rings. The zero-order valence-electron chi connectivity index (χ0n) is 15.1. The van der Waals surface area contributed by atoms with E-state index in [4.69, 9.17) is 17.3 Å². The molecule has 0 fully saturated rings. The maximum Gasteiger partial charge on any atom is 0.162 e. The van der Waals surface area contributed by atoms with Crippen molar-refractivity contribution in [3.8, 4) is 5.69 Å². The van der Waals surface area contributed by atoms with E-state index in [2.05, 4.69) is 40.4 Å². The summed E-state index contributed by atoms with van der Waals surface area (Å²) in [5.74, 6) is 1.12. The minimum absolute atomic E-state index is 0.319. The lowest BCUT2D eigenvalue weighted by molar-refractivity contribution is 0.871. The van der Waals surface area contributed by atoms with Crippen LogP contribution in [0.1, 0.15) is 30.9 Å². The summed E-state index contributed by atoms with van der Waals surface area (Å²) in [6.07, 6.45) is 5.26. The second-order valence-electron chi connectivity index (χ2n) is 6.70. The largest absolute Gasteiger partial charge is 0.396 e. The van der Waals surface area contributed by atoms with E-state index < -0.39 is 0 Å². The number of nitrogens with one attached hydrogen (secondary N) is 1. The molecular formula is C19H20ClN7. The summed E-state index contributed by atoms with van der Waals surface area (Å²) in [5.41, 5.74) is 10.3. The lowest BCUT2D eigenvalue weighted by atomic mass is 10.1. The second kappa shape index (κ2) is 6.92. The zero-order valence-corrected chi connectivity index (χ0v) is 15.9. The van der Waals surface area contributed by atoms with E-state index in [9.17, 15) is 0 Å². The third kappa shape index (κ3) is 3.46. The van der Waals surface area contributed by atoms with Crippen LogP contribution >= 0.6 is 11.6 Å². The van der Waals surface area contributed by atoms with Crippen LogP contribution in [0.3, 0.4) is 0 Å². The van der Waals surface area contributed by atoms with E-state index in [1.165, 1.54) is 0 Å². The highest BCUT2D eigenvalue weighted by atomic mass is 35.5. The predicted molar refractivity (Wildman–Crippen MR) is 107 cm³/mol. The van der Waals surface area contributed by atoms with Crippen molar-refractivity contribution in [1.29, 1.82) is 0 Å². The zero-order chi connectivity index (χ0) is 19.0. The number of nitrogens with two attached hydrogens (primary N) is 1. The van der Waals surface area contributed by atoms with Crippen molar-refractivity contribution in [3.05, 3.63) is 65.2 Å². The van der Waals surface area contributed by atoms with Gasteiger partial charge in [-0.2, -0.15) is 14.7 Å². The normalized spacial score (nSPS) is 11.4. The first kappa shape index (κ1) is 17.4. The van der Waals surface area contributed by atoms with E-state index in [1.807, 2.05) is 24.4 Å². The van der Waals surface area contributed by atoms with Crippen molar-refractivity contribution in [2.75, 3.05) is 11.1 Å². The maximum atomic E-state index is 6.23. The van der Waals surface area contributed by atoms with Crippen LogP contribution in [-0.4, -0.2) is 24.4 Å². The van der Waals surface area contributed by atoms with Gasteiger partial charge >= 0.3 is 0 Å². The molecule has 0 aliphatic heterocycles. The van der Waals surface area contributed by atoms with Gasteiger partial charge < -0.3 is 11.1 Å². The first-order valence-corrected chi connectivity index (χ1v) is 9.06. The van der Waals surface area contributed by atoms with Crippen LogP contribution < -0.4 is 11.1 Å². The Kier molecular flexibility index (Phi) is 4.45. The monoisotopic (exact) mass is 381 g/mol. The molecule has 3 heterocycles. The molecule has 0 unspecified atom stereocenters. The van der Waals surface area contributed by atoms with Crippen LogP contribution in [0.4, 0.5) is 11.5 Å². The van der Waals surface area contributed by atoms with Gasteiger partial charge in [0.05, 0.1) is 30.0 Å². The number of rotatable bonds is 5. The van der Waals surface area contributed by atoms with Crippen molar-refractivity contribution in [2.45, 2.75) is 26.3 Å². The van der Waals surface area contributed by atoms with Crippen LogP contribution in [0.2, 0.25) is 5.15 Å². The molecule has 0 radical (unpaired) electrons. The Labute approximate surface area is 161 Å². The molecule has 3 N–H and O–H groups in total. The van der Waals surface area contributed by atoms with Crippen molar-refractivity contribution < 1.29 is 0 Å². The Balaban J connectivity index is 1.61. The number of anilines is 2. The van der Waals surface area contributed by atoms with Gasteiger partial charge in [0.1, 0.15) is 11.0 Å². The lowest BCUT2D eigenvalue weighted by Gasteiger charge is -2.11. The summed E-state index contributed by atoms with van der Waals surface area (Å²) < 4.78 is 3.54. The molecule has 0 amide bonds. The quantitative estimate of drug-likeness (QED) is 0.512. The first-order valence-electron chi connectivity index (χ1n) is 8.69. The summed E-state index contributed by atoms with van der Waals surface area (Å²) in [7, 11) is 0. The molecule has 0 saturated heterocycles. The molecule has 138 valence electrons. The number of hydrogen-bond acceptors (Lipinski definition) is 5. The molecule has 7 nitrogen and oxygen atoms in total. The topological polar surface area (TPSA) is 86.1 Å². The van der Waals surface area contributed by atoms with Gasteiger partial charge in [-0.3, -0.25) is 0 Å². The van der Waals surface area contributed by atoms with Gasteiger partial charge in [0, 0.05) is 18.2 Å². The average molecular weight is 382 g/mol. The maximum absolute atomic E-state index is 6.23. The van der Waals surface area contributed by atoms with Gasteiger partial charge in [0.25, 0.3) is 0 Å².